The molecule has 0 saturated heterocycles. The average molecular weight is 391 g/mol. The Balaban J connectivity index is 1.97. The van der Waals surface area contributed by atoms with E-state index < -0.39 is 0 Å². The molecule has 0 spiro atoms. The number of hydrogen-bond acceptors (Lipinski definition) is 4. The summed E-state index contributed by atoms with van der Waals surface area (Å²) in [6.07, 6.45) is 9.73. The second-order valence-corrected chi connectivity index (χ2v) is 7.76. The van der Waals surface area contributed by atoms with Gasteiger partial charge in [0, 0.05) is 32.0 Å². The third-order valence-corrected chi connectivity index (χ3v) is 5.93. The summed E-state index contributed by atoms with van der Waals surface area (Å²) in [4.78, 5) is 9.09. The maximum absolute atomic E-state index is 9.42. The van der Waals surface area contributed by atoms with Crippen LogP contribution in [-0.4, -0.2) is 41.9 Å². The van der Waals surface area contributed by atoms with Crippen molar-refractivity contribution in [3.05, 3.63) is 23.9 Å². The minimum atomic E-state index is 0.101. The summed E-state index contributed by atoms with van der Waals surface area (Å²) in [5.74, 6) is 1.51. The van der Waals surface area contributed by atoms with Crippen LogP contribution in [0.1, 0.15) is 71.3 Å². The molecule has 1 aliphatic rings. The molecule has 0 atom stereocenters. The van der Waals surface area contributed by atoms with Crippen molar-refractivity contribution in [2.45, 2.75) is 78.4 Å². The second-order valence-electron chi connectivity index (χ2n) is 7.76. The molecule has 1 saturated carbocycles. The smallest absolute Gasteiger partial charge is 0.213 e. The molecule has 0 radical (unpaired) electrons. The molecule has 0 unspecified atom stereocenters. The monoisotopic (exact) mass is 390 g/mol. The normalized spacial score (nSPS) is 15.6. The van der Waals surface area contributed by atoms with Crippen molar-refractivity contribution in [1.29, 1.82) is 0 Å². The molecule has 2 rings (SSSR count). The zero-order valence-corrected chi connectivity index (χ0v) is 17.8. The Kier molecular flexibility index (Phi) is 9.55. The van der Waals surface area contributed by atoms with Gasteiger partial charge in [-0.05, 0) is 68.9 Å². The lowest BCUT2D eigenvalue weighted by Gasteiger charge is -2.32. The first kappa shape index (κ1) is 22.5. The Bertz CT molecular complexity index is 596. The maximum Gasteiger partial charge on any atom is 0.213 e. The molecule has 6 heteroatoms. The van der Waals surface area contributed by atoms with Gasteiger partial charge in [-0.15, -0.1) is 0 Å². The van der Waals surface area contributed by atoms with Gasteiger partial charge in [-0.1, -0.05) is 13.8 Å². The van der Waals surface area contributed by atoms with Gasteiger partial charge in [0.25, 0.3) is 0 Å². The zero-order chi connectivity index (χ0) is 20.2. The highest BCUT2D eigenvalue weighted by molar-refractivity contribution is 5.79. The van der Waals surface area contributed by atoms with Crippen molar-refractivity contribution in [3.8, 4) is 5.88 Å². The third kappa shape index (κ3) is 6.97. The fourth-order valence-electron chi connectivity index (χ4n) is 3.75. The van der Waals surface area contributed by atoms with Crippen LogP contribution in [0.2, 0.25) is 0 Å². The highest BCUT2D eigenvalue weighted by Crippen LogP contribution is 2.29. The van der Waals surface area contributed by atoms with Gasteiger partial charge in [-0.3, -0.25) is 0 Å². The highest BCUT2D eigenvalue weighted by atomic mass is 16.5. The van der Waals surface area contributed by atoms with E-state index in [1.54, 1.807) is 6.20 Å². The lowest BCUT2D eigenvalue weighted by Crippen LogP contribution is -2.43. The van der Waals surface area contributed by atoms with Crippen LogP contribution < -0.4 is 15.4 Å². The first-order chi connectivity index (χ1) is 13.6. The fraction of sp³-hybridized carbons (Fsp3) is 0.727. The van der Waals surface area contributed by atoms with Crippen molar-refractivity contribution >= 4 is 5.96 Å². The molecule has 1 aromatic heterocycles. The number of pyridine rings is 1. The molecule has 0 amide bonds. The van der Waals surface area contributed by atoms with Gasteiger partial charge in [0.2, 0.25) is 5.88 Å². The molecule has 1 fully saturated rings. The van der Waals surface area contributed by atoms with Crippen molar-refractivity contribution in [2.24, 2.45) is 10.4 Å². The van der Waals surface area contributed by atoms with Crippen molar-refractivity contribution < 1.29 is 9.84 Å². The molecule has 28 heavy (non-hydrogen) atoms. The molecule has 158 valence electrons. The largest absolute Gasteiger partial charge is 0.474 e. The van der Waals surface area contributed by atoms with E-state index in [4.69, 9.17) is 9.73 Å². The Hall–Kier alpha value is -1.82. The highest BCUT2D eigenvalue weighted by Gasteiger charge is 2.25. The number of rotatable bonds is 11. The van der Waals surface area contributed by atoms with Crippen LogP contribution in [0, 0.1) is 5.41 Å². The zero-order valence-electron chi connectivity index (χ0n) is 17.8. The van der Waals surface area contributed by atoms with Gasteiger partial charge in [-0.25, -0.2) is 9.98 Å². The van der Waals surface area contributed by atoms with Crippen LogP contribution >= 0.6 is 0 Å². The quantitative estimate of drug-likeness (QED) is 0.397. The van der Waals surface area contributed by atoms with E-state index in [1.807, 2.05) is 12.1 Å². The number of ether oxygens (including phenoxy) is 1. The number of aliphatic hydroxyl groups is 1. The van der Waals surface area contributed by atoms with Gasteiger partial charge in [0.05, 0.1) is 6.54 Å². The minimum Gasteiger partial charge on any atom is -0.474 e. The molecular formula is C22H38N4O2. The SMILES string of the molecule is CCNC(=NCc1ccnc(OC2CCCC2)c1)NCC(CC)(CC)CCO. The van der Waals surface area contributed by atoms with Crippen LogP contribution in [0.15, 0.2) is 23.3 Å². The van der Waals surface area contributed by atoms with E-state index in [0.717, 1.165) is 56.7 Å². The standard InChI is InChI=1S/C22H38N4O2/c1-4-22(5-2,12-14-27)17-26-21(23-6-3)25-16-18-11-13-24-20(15-18)28-19-9-7-8-10-19/h11,13,15,19,27H,4-10,12,14,16-17H2,1-3H3,(H2,23,25,26). The molecule has 1 heterocycles. The number of aliphatic imine (C=N–C) groups is 1. The van der Waals surface area contributed by atoms with Crippen LogP contribution in [0.4, 0.5) is 0 Å². The van der Waals surface area contributed by atoms with Crippen LogP contribution in [0.3, 0.4) is 0 Å². The number of nitrogens with one attached hydrogen (secondary N) is 2. The van der Waals surface area contributed by atoms with Gasteiger partial charge in [-0.2, -0.15) is 0 Å². The predicted octanol–water partition coefficient (Wildman–Crippen LogP) is 3.65. The van der Waals surface area contributed by atoms with E-state index in [1.165, 1.54) is 12.8 Å². The molecule has 1 aliphatic carbocycles. The molecule has 1 aromatic rings. The van der Waals surface area contributed by atoms with Crippen LogP contribution in [0.25, 0.3) is 0 Å². The molecular weight excluding hydrogens is 352 g/mol. The molecule has 0 aliphatic heterocycles. The van der Waals surface area contributed by atoms with E-state index in [-0.39, 0.29) is 12.0 Å². The van der Waals surface area contributed by atoms with Crippen molar-refractivity contribution in [2.75, 3.05) is 19.7 Å². The maximum atomic E-state index is 9.42. The van der Waals surface area contributed by atoms with Crippen molar-refractivity contribution in [3.63, 3.8) is 0 Å². The van der Waals surface area contributed by atoms with E-state index >= 15 is 0 Å². The number of nitrogens with zero attached hydrogens (tertiary/aromatic N) is 2. The number of guanidine groups is 1. The average Bonchev–Trinajstić information content (AvgIpc) is 3.22. The Morgan fingerprint density at radius 2 is 2.00 bits per heavy atom. The van der Waals surface area contributed by atoms with Gasteiger partial charge < -0.3 is 20.5 Å². The Morgan fingerprint density at radius 3 is 2.64 bits per heavy atom. The topological polar surface area (TPSA) is 78.8 Å². The lowest BCUT2D eigenvalue weighted by molar-refractivity contribution is 0.169. The first-order valence-electron chi connectivity index (χ1n) is 10.9. The van der Waals surface area contributed by atoms with Crippen LogP contribution in [-0.2, 0) is 6.54 Å². The lowest BCUT2D eigenvalue weighted by atomic mass is 9.79. The summed E-state index contributed by atoms with van der Waals surface area (Å²) < 4.78 is 6.00. The summed E-state index contributed by atoms with van der Waals surface area (Å²) in [7, 11) is 0. The van der Waals surface area contributed by atoms with E-state index in [0.29, 0.717) is 18.5 Å². The summed E-state index contributed by atoms with van der Waals surface area (Å²) in [6, 6.07) is 3.99. The minimum absolute atomic E-state index is 0.101. The Labute approximate surface area is 170 Å². The molecule has 0 bridgehead atoms. The predicted molar refractivity (Wildman–Crippen MR) is 115 cm³/mol. The number of aliphatic hydroxyl groups excluding tert-OH is 1. The van der Waals surface area contributed by atoms with Gasteiger partial charge in [0.15, 0.2) is 5.96 Å². The summed E-state index contributed by atoms with van der Waals surface area (Å²) >= 11 is 0. The molecule has 6 nitrogen and oxygen atoms in total. The molecule has 3 N–H and O–H groups in total. The second kappa shape index (κ2) is 11.9. The fourth-order valence-corrected chi connectivity index (χ4v) is 3.75. The van der Waals surface area contributed by atoms with E-state index in [9.17, 15) is 5.11 Å². The van der Waals surface area contributed by atoms with Gasteiger partial charge in [0.1, 0.15) is 6.10 Å². The van der Waals surface area contributed by atoms with Gasteiger partial charge >= 0.3 is 0 Å². The van der Waals surface area contributed by atoms with E-state index in [2.05, 4.69) is 36.4 Å². The summed E-state index contributed by atoms with van der Waals surface area (Å²) in [5, 5.41) is 16.2. The van der Waals surface area contributed by atoms with Crippen LogP contribution in [0.5, 0.6) is 5.88 Å². The summed E-state index contributed by atoms with van der Waals surface area (Å²) in [5.41, 5.74) is 1.19. The van der Waals surface area contributed by atoms with Crippen molar-refractivity contribution in [1.82, 2.24) is 15.6 Å². The molecule has 0 aromatic carbocycles. The summed E-state index contributed by atoms with van der Waals surface area (Å²) in [6.45, 7) is 8.85. The first-order valence-corrected chi connectivity index (χ1v) is 10.9. The number of hydrogen-bond donors (Lipinski definition) is 3. The Morgan fingerprint density at radius 1 is 1.25 bits per heavy atom. The third-order valence-electron chi connectivity index (χ3n) is 5.93. The number of aromatic nitrogens is 1.